The predicted molar refractivity (Wildman–Crippen MR) is 59.1 cm³/mol. The van der Waals surface area contributed by atoms with E-state index in [1.165, 1.54) is 12.8 Å². The molecular weight excluding hydrogens is 206 g/mol. The molecule has 1 aromatic heterocycles. The Hall–Kier alpha value is -1.43. The molecule has 1 saturated heterocycles. The molecule has 6 heteroatoms. The van der Waals surface area contributed by atoms with Crippen molar-refractivity contribution in [3.8, 4) is 0 Å². The van der Waals surface area contributed by atoms with Gasteiger partial charge in [-0.05, 0) is 32.7 Å². The fraction of sp³-hybridized carbons (Fsp3) is 0.700. The van der Waals surface area contributed by atoms with Crippen molar-refractivity contribution in [3.05, 3.63) is 11.6 Å². The minimum Gasteiger partial charge on any atom is -0.349 e. The van der Waals surface area contributed by atoms with E-state index < -0.39 is 0 Å². The molecule has 0 aromatic carbocycles. The van der Waals surface area contributed by atoms with Crippen LogP contribution in [0, 0.1) is 6.92 Å². The highest BCUT2D eigenvalue weighted by Crippen LogP contribution is 2.07. The molecule has 1 atom stereocenters. The highest BCUT2D eigenvalue weighted by Gasteiger charge is 2.15. The fourth-order valence-electron chi connectivity index (χ4n) is 1.89. The summed E-state index contributed by atoms with van der Waals surface area (Å²) >= 11 is 0. The van der Waals surface area contributed by atoms with Crippen molar-refractivity contribution >= 4 is 5.91 Å². The van der Waals surface area contributed by atoms with Crippen LogP contribution in [0.15, 0.2) is 0 Å². The number of nitrogens with one attached hydrogen (secondary N) is 3. The van der Waals surface area contributed by atoms with Crippen LogP contribution in [0.2, 0.25) is 0 Å². The lowest BCUT2D eigenvalue weighted by molar-refractivity contribution is 0.0942. The van der Waals surface area contributed by atoms with Gasteiger partial charge in [-0.2, -0.15) is 0 Å². The molecule has 2 heterocycles. The fourth-order valence-corrected chi connectivity index (χ4v) is 1.89. The van der Waals surface area contributed by atoms with Gasteiger partial charge in [0.25, 0.3) is 5.91 Å². The maximum Gasteiger partial charge on any atom is 0.290 e. The molecular formula is C10H17N5O. The maximum absolute atomic E-state index is 11.6. The maximum atomic E-state index is 11.6. The predicted octanol–water partition coefficient (Wildman–Crippen LogP) is -0.0150. The first-order valence-electron chi connectivity index (χ1n) is 5.66. The van der Waals surface area contributed by atoms with E-state index in [1.54, 1.807) is 6.92 Å². The van der Waals surface area contributed by atoms with Crippen molar-refractivity contribution in [1.29, 1.82) is 0 Å². The molecule has 0 radical (unpaired) electrons. The minimum atomic E-state index is -0.206. The van der Waals surface area contributed by atoms with Crippen LogP contribution in [-0.4, -0.2) is 40.2 Å². The summed E-state index contributed by atoms with van der Waals surface area (Å²) < 4.78 is 0. The Morgan fingerprint density at radius 1 is 1.62 bits per heavy atom. The number of H-pyrrole nitrogens is 1. The molecule has 1 fully saturated rings. The van der Waals surface area contributed by atoms with E-state index in [4.69, 9.17) is 0 Å². The molecule has 16 heavy (non-hydrogen) atoms. The van der Waals surface area contributed by atoms with Crippen LogP contribution in [0.5, 0.6) is 0 Å². The molecule has 88 valence electrons. The highest BCUT2D eigenvalue weighted by molar-refractivity contribution is 5.90. The summed E-state index contributed by atoms with van der Waals surface area (Å²) in [4.78, 5) is 15.5. The van der Waals surface area contributed by atoms with Crippen LogP contribution < -0.4 is 10.6 Å². The molecule has 1 aliphatic rings. The summed E-state index contributed by atoms with van der Waals surface area (Å²) in [6.07, 6.45) is 3.41. The van der Waals surface area contributed by atoms with E-state index in [0.29, 0.717) is 18.4 Å². The number of nitrogens with zero attached hydrogens (tertiary/aromatic N) is 2. The third-order valence-electron chi connectivity index (χ3n) is 2.74. The van der Waals surface area contributed by atoms with Crippen molar-refractivity contribution in [3.63, 3.8) is 0 Å². The topological polar surface area (TPSA) is 82.7 Å². The van der Waals surface area contributed by atoms with Crippen molar-refractivity contribution in [1.82, 2.24) is 25.8 Å². The molecule has 0 bridgehead atoms. The third-order valence-corrected chi connectivity index (χ3v) is 2.74. The lowest BCUT2D eigenvalue weighted by Gasteiger charge is -2.09. The van der Waals surface area contributed by atoms with Gasteiger partial charge in [0.2, 0.25) is 5.82 Å². The summed E-state index contributed by atoms with van der Waals surface area (Å²) in [6, 6.07) is 0.550. The first kappa shape index (κ1) is 11.1. The summed E-state index contributed by atoms with van der Waals surface area (Å²) in [7, 11) is 0. The van der Waals surface area contributed by atoms with Gasteiger partial charge in [-0.15, -0.1) is 5.10 Å². The van der Waals surface area contributed by atoms with Gasteiger partial charge < -0.3 is 10.6 Å². The lowest BCUT2D eigenvalue weighted by atomic mass is 10.1. The standard InChI is InChI=1S/C10H17N5O/c1-7-13-9(15-14-7)10(16)12-6-4-8-3-2-5-11-8/h8,11H,2-6H2,1H3,(H,12,16)(H,13,14,15)/t8-/m0/s1. The monoisotopic (exact) mass is 223 g/mol. The first-order valence-corrected chi connectivity index (χ1v) is 5.66. The van der Waals surface area contributed by atoms with Crippen LogP contribution in [0.25, 0.3) is 0 Å². The number of aromatic nitrogens is 3. The summed E-state index contributed by atoms with van der Waals surface area (Å²) in [5.74, 6) is 0.668. The lowest BCUT2D eigenvalue weighted by Crippen LogP contribution is -2.31. The van der Waals surface area contributed by atoms with Gasteiger partial charge in [-0.1, -0.05) is 0 Å². The number of hydrogen-bond acceptors (Lipinski definition) is 4. The summed E-state index contributed by atoms with van der Waals surface area (Å²) in [5, 5.41) is 12.6. The van der Waals surface area contributed by atoms with E-state index in [2.05, 4.69) is 25.8 Å². The Balaban J connectivity index is 1.71. The highest BCUT2D eigenvalue weighted by atomic mass is 16.2. The largest absolute Gasteiger partial charge is 0.349 e. The summed E-state index contributed by atoms with van der Waals surface area (Å²) in [6.45, 7) is 3.54. The number of carbonyl (C=O) groups is 1. The number of carbonyl (C=O) groups excluding carboxylic acids is 1. The van der Waals surface area contributed by atoms with Crippen molar-refractivity contribution in [2.45, 2.75) is 32.2 Å². The first-order chi connectivity index (χ1) is 7.75. The van der Waals surface area contributed by atoms with Crippen molar-refractivity contribution in [2.24, 2.45) is 0 Å². The van der Waals surface area contributed by atoms with E-state index in [9.17, 15) is 4.79 Å². The van der Waals surface area contributed by atoms with E-state index in [0.717, 1.165) is 13.0 Å². The molecule has 1 amide bonds. The average molecular weight is 223 g/mol. The molecule has 3 N–H and O–H groups in total. The minimum absolute atomic E-state index is 0.206. The SMILES string of the molecule is Cc1nc(C(=O)NCC[C@@H]2CCCN2)n[nH]1. The Morgan fingerprint density at radius 2 is 2.50 bits per heavy atom. The Labute approximate surface area is 94.2 Å². The van der Waals surface area contributed by atoms with Crippen molar-refractivity contribution in [2.75, 3.05) is 13.1 Å². The van der Waals surface area contributed by atoms with E-state index in [-0.39, 0.29) is 11.7 Å². The van der Waals surface area contributed by atoms with Gasteiger partial charge in [-0.25, -0.2) is 4.98 Å². The molecule has 0 unspecified atom stereocenters. The van der Waals surface area contributed by atoms with Crippen LogP contribution in [0.3, 0.4) is 0 Å². The van der Waals surface area contributed by atoms with Crippen LogP contribution in [0.4, 0.5) is 0 Å². The molecule has 0 aliphatic carbocycles. The number of aromatic amines is 1. The molecule has 6 nitrogen and oxygen atoms in total. The smallest absolute Gasteiger partial charge is 0.290 e. The van der Waals surface area contributed by atoms with Gasteiger partial charge in [0.15, 0.2) is 0 Å². The van der Waals surface area contributed by atoms with Gasteiger partial charge in [0, 0.05) is 12.6 Å². The van der Waals surface area contributed by atoms with E-state index in [1.807, 2.05) is 0 Å². The Kier molecular flexibility index (Phi) is 3.51. The van der Waals surface area contributed by atoms with Crippen LogP contribution in [-0.2, 0) is 0 Å². The summed E-state index contributed by atoms with van der Waals surface area (Å²) in [5.41, 5.74) is 0. The average Bonchev–Trinajstić information content (AvgIpc) is 2.89. The van der Waals surface area contributed by atoms with Gasteiger partial charge >= 0.3 is 0 Å². The second kappa shape index (κ2) is 5.07. The molecule has 0 spiro atoms. The van der Waals surface area contributed by atoms with Gasteiger partial charge in [-0.3, -0.25) is 9.89 Å². The quantitative estimate of drug-likeness (QED) is 0.670. The molecule has 0 saturated carbocycles. The normalized spacial score (nSPS) is 19.9. The zero-order valence-corrected chi connectivity index (χ0v) is 9.42. The molecule has 2 rings (SSSR count). The Morgan fingerprint density at radius 3 is 3.12 bits per heavy atom. The van der Waals surface area contributed by atoms with E-state index >= 15 is 0 Å². The number of aryl methyl sites for hydroxylation is 1. The second-order valence-corrected chi connectivity index (χ2v) is 4.08. The van der Waals surface area contributed by atoms with Crippen LogP contribution >= 0.6 is 0 Å². The third kappa shape index (κ3) is 2.79. The zero-order valence-electron chi connectivity index (χ0n) is 9.42. The number of hydrogen-bond donors (Lipinski definition) is 3. The van der Waals surface area contributed by atoms with Gasteiger partial charge in [0.1, 0.15) is 5.82 Å². The number of rotatable bonds is 4. The van der Waals surface area contributed by atoms with Crippen LogP contribution in [0.1, 0.15) is 35.7 Å². The molecule has 1 aliphatic heterocycles. The zero-order chi connectivity index (χ0) is 11.4. The van der Waals surface area contributed by atoms with Crippen molar-refractivity contribution < 1.29 is 4.79 Å². The van der Waals surface area contributed by atoms with Gasteiger partial charge in [0.05, 0.1) is 0 Å². The second-order valence-electron chi connectivity index (χ2n) is 4.08. The number of amides is 1. The Bertz CT molecular complexity index is 356. The molecule has 1 aromatic rings.